The number of amides is 1. The zero-order valence-corrected chi connectivity index (χ0v) is 7.91. The number of hydrogen-bond donors (Lipinski definition) is 1. The van der Waals surface area contributed by atoms with Crippen molar-refractivity contribution in [1.82, 2.24) is 0 Å². The Morgan fingerprint density at radius 1 is 1.38 bits per heavy atom. The first kappa shape index (κ1) is 11.8. The Balaban J connectivity index is 2.78. The second-order valence-corrected chi connectivity index (χ2v) is 2.88. The molecule has 0 saturated carbocycles. The minimum absolute atomic E-state index is 0.0884. The van der Waals surface area contributed by atoms with Crippen molar-refractivity contribution in [3.05, 3.63) is 29.8 Å². The van der Waals surface area contributed by atoms with Crippen LogP contribution in [0.1, 0.15) is 5.56 Å². The zero-order chi connectivity index (χ0) is 12.2. The highest BCUT2D eigenvalue weighted by Gasteiger charge is 2.38. The lowest BCUT2D eigenvalue weighted by molar-refractivity contribution is -0.146. The number of benzene rings is 1. The normalized spacial score (nSPS) is 10.3. The standard InChI is InChI=1S/C10H6F2N2O2/c11-10(12,6-15)9(16)14-8-3-1-7(5-13)2-4-8/h1-4,6H,(H,14,16). The van der Waals surface area contributed by atoms with Crippen LogP contribution >= 0.6 is 0 Å². The summed E-state index contributed by atoms with van der Waals surface area (Å²) < 4.78 is 25.1. The summed E-state index contributed by atoms with van der Waals surface area (Å²) in [5.74, 6) is -5.75. The van der Waals surface area contributed by atoms with E-state index in [1.807, 2.05) is 11.4 Å². The molecule has 1 N–H and O–H groups in total. The minimum Gasteiger partial charge on any atom is -0.320 e. The Morgan fingerprint density at radius 2 is 1.94 bits per heavy atom. The fourth-order valence-electron chi connectivity index (χ4n) is 0.896. The third-order valence-corrected chi connectivity index (χ3v) is 1.72. The molecule has 0 saturated heterocycles. The van der Waals surface area contributed by atoms with Gasteiger partial charge in [-0.3, -0.25) is 9.59 Å². The van der Waals surface area contributed by atoms with E-state index in [0.717, 1.165) is 0 Å². The molecule has 1 amide bonds. The van der Waals surface area contributed by atoms with Gasteiger partial charge in [-0.25, -0.2) is 0 Å². The lowest BCUT2D eigenvalue weighted by Crippen LogP contribution is -2.35. The molecule has 0 aromatic heterocycles. The van der Waals surface area contributed by atoms with Crippen LogP contribution in [0.25, 0.3) is 0 Å². The quantitative estimate of drug-likeness (QED) is 0.622. The van der Waals surface area contributed by atoms with Crippen LogP contribution in [0.2, 0.25) is 0 Å². The molecular formula is C10H6F2N2O2. The van der Waals surface area contributed by atoms with Crippen LogP contribution in [0, 0.1) is 11.3 Å². The van der Waals surface area contributed by atoms with E-state index in [0.29, 0.717) is 5.56 Å². The van der Waals surface area contributed by atoms with Crippen molar-refractivity contribution in [3.8, 4) is 6.07 Å². The fraction of sp³-hybridized carbons (Fsp3) is 0.100. The molecule has 0 heterocycles. The molecule has 0 fully saturated rings. The van der Waals surface area contributed by atoms with Crippen molar-refractivity contribution in [2.45, 2.75) is 5.92 Å². The van der Waals surface area contributed by atoms with Crippen molar-refractivity contribution >= 4 is 17.9 Å². The summed E-state index contributed by atoms with van der Waals surface area (Å²) in [7, 11) is 0. The third kappa shape index (κ3) is 2.60. The lowest BCUT2D eigenvalue weighted by atomic mass is 10.2. The summed E-state index contributed by atoms with van der Waals surface area (Å²) in [6, 6.07) is 7.12. The van der Waals surface area contributed by atoms with Gasteiger partial charge in [0.05, 0.1) is 11.6 Å². The predicted octanol–water partition coefficient (Wildman–Crippen LogP) is 1.33. The van der Waals surface area contributed by atoms with Crippen molar-refractivity contribution in [1.29, 1.82) is 5.26 Å². The number of nitrogens with zero attached hydrogens (tertiary/aromatic N) is 1. The Kier molecular flexibility index (Phi) is 3.30. The van der Waals surface area contributed by atoms with Crippen LogP contribution in [-0.2, 0) is 9.59 Å². The molecule has 0 radical (unpaired) electrons. The van der Waals surface area contributed by atoms with E-state index in [9.17, 15) is 18.4 Å². The van der Waals surface area contributed by atoms with Gasteiger partial charge in [0.2, 0.25) is 0 Å². The van der Waals surface area contributed by atoms with Gasteiger partial charge in [0, 0.05) is 5.69 Å². The molecule has 1 aromatic rings. The topological polar surface area (TPSA) is 70.0 Å². The Bertz CT molecular complexity index is 449. The third-order valence-electron chi connectivity index (χ3n) is 1.72. The smallest absolute Gasteiger partial charge is 0.320 e. The predicted molar refractivity (Wildman–Crippen MR) is 50.8 cm³/mol. The van der Waals surface area contributed by atoms with Crippen LogP contribution in [0.3, 0.4) is 0 Å². The maximum atomic E-state index is 12.5. The number of aldehydes is 1. The number of nitrogens with one attached hydrogen (secondary N) is 1. The largest absolute Gasteiger partial charge is 0.379 e. The van der Waals surface area contributed by atoms with Crippen molar-refractivity contribution < 1.29 is 18.4 Å². The summed E-state index contributed by atoms with van der Waals surface area (Å²) >= 11 is 0. The summed E-state index contributed by atoms with van der Waals surface area (Å²) in [5, 5.41) is 10.3. The van der Waals surface area contributed by atoms with Gasteiger partial charge in [0.15, 0.2) is 6.29 Å². The molecular weight excluding hydrogens is 218 g/mol. The number of alkyl halides is 2. The molecule has 0 aliphatic heterocycles. The van der Waals surface area contributed by atoms with Crippen LogP contribution in [-0.4, -0.2) is 18.1 Å². The number of halogens is 2. The number of nitriles is 1. The highest BCUT2D eigenvalue weighted by molar-refractivity contribution is 6.05. The highest BCUT2D eigenvalue weighted by atomic mass is 19.3. The van der Waals surface area contributed by atoms with E-state index in [2.05, 4.69) is 0 Å². The molecule has 1 aromatic carbocycles. The molecule has 16 heavy (non-hydrogen) atoms. The number of carbonyl (C=O) groups is 2. The van der Waals surface area contributed by atoms with Gasteiger partial charge in [-0.2, -0.15) is 14.0 Å². The van der Waals surface area contributed by atoms with Crippen molar-refractivity contribution in [2.75, 3.05) is 5.32 Å². The molecule has 0 atom stereocenters. The molecule has 4 nitrogen and oxygen atoms in total. The second kappa shape index (κ2) is 4.49. The van der Waals surface area contributed by atoms with Gasteiger partial charge in [-0.15, -0.1) is 0 Å². The van der Waals surface area contributed by atoms with Gasteiger partial charge in [-0.05, 0) is 24.3 Å². The van der Waals surface area contributed by atoms with Crippen LogP contribution in [0.4, 0.5) is 14.5 Å². The van der Waals surface area contributed by atoms with Gasteiger partial charge in [0.1, 0.15) is 0 Å². The molecule has 6 heteroatoms. The monoisotopic (exact) mass is 224 g/mol. The van der Waals surface area contributed by atoms with Gasteiger partial charge >= 0.3 is 11.8 Å². The van der Waals surface area contributed by atoms with E-state index in [-0.39, 0.29) is 5.69 Å². The SMILES string of the molecule is N#Cc1ccc(NC(=O)C(F)(F)C=O)cc1. The first-order valence-electron chi connectivity index (χ1n) is 4.15. The average molecular weight is 224 g/mol. The first-order chi connectivity index (χ1) is 7.49. The van der Waals surface area contributed by atoms with Crippen LogP contribution in [0.5, 0.6) is 0 Å². The lowest BCUT2D eigenvalue weighted by Gasteiger charge is -2.09. The van der Waals surface area contributed by atoms with E-state index in [1.54, 1.807) is 0 Å². The molecule has 82 valence electrons. The van der Waals surface area contributed by atoms with Crippen LogP contribution < -0.4 is 5.32 Å². The molecule has 0 aliphatic rings. The minimum atomic E-state index is -4.05. The van der Waals surface area contributed by atoms with Gasteiger partial charge < -0.3 is 5.32 Å². The molecule has 0 spiro atoms. The van der Waals surface area contributed by atoms with E-state index in [4.69, 9.17) is 5.26 Å². The summed E-state index contributed by atoms with van der Waals surface area (Å²) in [6.07, 6.45) is -0.730. The summed E-state index contributed by atoms with van der Waals surface area (Å²) in [5.41, 5.74) is 0.422. The van der Waals surface area contributed by atoms with E-state index < -0.39 is 18.1 Å². The van der Waals surface area contributed by atoms with Gasteiger partial charge in [0.25, 0.3) is 0 Å². The molecule has 0 bridgehead atoms. The summed E-state index contributed by atoms with van der Waals surface area (Å²) in [6.45, 7) is 0. The Hall–Kier alpha value is -2.29. The number of hydrogen-bond acceptors (Lipinski definition) is 3. The van der Waals surface area contributed by atoms with Crippen LogP contribution in [0.15, 0.2) is 24.3 Å². The van der Waals surface area contributed by atoms with E-state index in [1.165, 1.54) is 24.3 Å². The summed E-state index contributed by atoms with van der Waals surface area (Å²) in [4.78, 5) is 20.8. The first-order valence-corrected chi connectivity index (χ1v) is 4.15. The average Bonchev–Trinajstić information content (AvgIpc) is 2.30. The number of rotatable bonds is 3. The maximum Gasteiger partial charge on any atom is 0.379 e. The molecule has 0 unspecified atom stereocenters. The Labute approximate surface area is 89.5 Å². The van der Waals surface area contributed by atoms with Gasteiger partial charge in [-0.1, -0.05) is 0 Å². The maximum absolute atomic E-state index is 12.5. The number of anilines is 1. The van der Waals surface area contributed by atoms with Crippen molar-refractivity contribution in [3.63, 3.8) is 0 Å². The number of carbonyl (C=O) groups excluding carboxylic acids is 2. The zero-order valence-electron chi connectivity index (χ0n) is 7.91. The fourth-order valence-corrected chi connectivity index (χ4v) is 0.896. The molecule has 0 aliphatic carbocycles. The Morgan fingerprint density at radius 3 is 2.38 bits per heavy atom. The van der Waals surface area contributed by atoms with E-state index >= 15 is 0 Å². The molecule has 1 rings (SSSR count). The highest BCUT2D eigenvalue weighted by Crippen LogP contribution is 2.15. The second-order valence-electron chi connectivity index (χ2n) is 2.88. The van der Waals surface area contributed by atoms with Crippen molar-refractivity contribution in [2.24, 2.45) is 0 Å².